The van der Waals surface area contributed by atoms with Gasteiger partial charge >= 0.3 is 0 Å². The molecule has 0 aromatic heterocycles. The molecule has 0 radical (unpaired) electrons. The number of likely N-dealkylation sites (N-methyl/N-ethyl adjacent to an activating group) is 1. The molecule has 6 heteroatoms. The molecule has 2 aromatic rings. The number of ether oxygens (including phenoxy) is 3. The van der Waals surface area contributed by atoms with E-state index >= 15 is 0 Å². The maximum absolute atomic E-state index is 5.75. The van der Waals surface area contributed by atoms with E-state index in [-0.39, 0.29) is 0 Å². The number of hydrogen-bond donors (Lipinski definition) is 1. The number of rotatable bonds is 10. The molecule has 0 bridgehead atoms. The first kappa shape index (κ1) is 21.4. The van der Waals surface area contributed by atoms with E-state index in [2.05, 4.69) is 21.3 Å². The maximum Gasteiger partial charge on any atom is 0.193 e. The normalized spacial score (nSPS) is 11.1. The molecule has 0 spiro atoms. The summed E-state index contributed by atoms with van der Waals surface area (Å²) in [5.74, 6) is 3.27. The van der Waals surface area contributed by atoms with Crippen molar-refractivity contribution in [1.29, 1.82) is 0 Å². The molecule has 0 unspecified atom stereocenters. The summed E-state index contributed by atoms with van der Waals surface area (Å²) in [7, 11) is 7.11. The van der Waals surface area contributed by atoms with Crippen LogP contribution in [0.2, 0.25) is 0 Å². The molecule has 0 saturated heterocycles. The molecular formula is C22H31N3O3. The van der Waals surface area contributed by atoms with E-state index in [1.165, 1.54) is 5.56 Å². The van der Waals surface area contributed by atoms with Crippen LogP contribution in [0.5, 0.6) is 17.2 Å². The van der Waals surface area contributed by atoms with Crippen molar-refractivity contribution in [3.8, 4) is 17.2 Å². The molecule has 28 heavy (non-hydrogen) atoms. The van der Waals surface area contributed by atoms with Crippen molar-refractivity contribution in [2.45, 2.75) is 12.8 Å². The Morgan fingerprint density at radius 1 is 1.04 bits per heavy atom. The lowest BCUT2D eigenvalue weighted by Gasteiger charge is -2.22. The van der Waals surface area contributed by atoms with Gasteiger partial charge in [0.05, 0.1) is 20.8 Å². The number of aliphatic imine (C=N–C) groups is 1. The van der Waals surface area contributed by atoms with Crippen LogP contribution < -0.4 is 19.5 Å². The van der Waals surface area contributed by atoms with E-state index in [0.717, 1.165) is 49.1 Å². The lowest BCUT2D eigenvalue weighted by atomic mass is 10.1. The lowest BCUT2D eigenvalue weighted by molar-refractivity contribution is 0.281. The number of nitrogens with one attached hydrogen (secondary N) is 1. The van der Waals surface area contributed by atoms with Gasteiger partial charge in [0, 0.05) is 20.6 Å². The van der Waals surface area contributed by atoms with Crippen molar-refractivity contribution >= 4 is 5.96 Å². The Hall–Kier alpha value is -2.89. The van der Waals surface area contributed by atoms with E-state index < -0.39 is 0 Å². The Morgan fingerprint density at radius 3 is 2.46 bits per heavy atom. The van der Waals surface area contributed by atoms with Gasteiger partial charge in [-0.3, -0.25) is 4.99 Å². The van der Waals surface area contributed by atoms with Gasteiger partial charge in [-0.15, -0.1) is 0 Å². The van der Waals surface area contributed by atoms with Crippen LogP contribution in [0.4, 0.5) is 0 Å². The van der Waals surface area contributed by atoms with E-state index in [9.17, 15) is 0 Å². The van der Waals surface area contributed by atoms with Gasteiger partial charge in [-0.1, -0.05) is 24.3 Å². The second kappa shape index (κ2) is 11.7. The van der Waals surface area contributed by atoms with E-state index in [4.69, 9.17) is 14.2 Å². The molecule has 0 aliphatic heterocycles. The molecule has 152 valence electrons. The molecule has 2 aromatic carbocycles. The van der Waals surface area contributed by atoms with Crippen molar-refractivity contribution in [3.63, 3.8) is 0 Å². The standard InChI is InChI=1S/C22H31N3O3/c1-23-22(25(2)15-16-28-19-10-6-5-7-11-19)24-14-8-9-18-12-13-20(26-3)21(17-18)27-4/h5-7,10-13,17H,8-9,14-16H2,1-4H3,(H,23,24). The fraction of sp³-hybridized carbons (Fsp3) is 0.409. The van der Waals surface area contributed by atoms with Crippen LogP contribution in [-0.2, 0) is 6.42 Å². The summed E-state index contributed by atoms with van der Waals surface area (Å²) < 4.78 is 16.4. The van der Waals surface area contributed by atoms with Crippen molar-refractivity contribution < 1.29 is 14.2 Å². The SMILES string of the molecule is CN=C(NCCCc1ccc(OC)c(OC)c1)N(C)CCOc1ccccc1. The molecule has 0 heterocycles. The molecule has 6 nitrogen and oxygen atoms in total. The molecule has 0 aliphatic carbocycles. The third kappa shape index (κ3) is 6.68. The van der Waals surface area contributed by atoms with E-state index in [1.54, 1.807) is 21.3 Å². The monoisotopic (exact) mass is 385 g/mol. The van der Waals surface area contributed by atoms with Crippen LogP contribution in [0.3, 0.4) is 0 Å². The van der Waals surface area contributed by atoms with Gasteiger partial charge in [0.2, 0.25) is 0 Å². The van der Waals surface area contributed by atoms with E-state index in [0.29, 0.717) is 6.61 Å². The summed E-state index contributed by atoms with van der Waals surface area (Å²) in [5.41, 5.74) is 1.22. The third-order valence-corrected chi connectivity index (χ3v) is 4.39. The number of benzene rings is 2. The Morgan fingerprint density at radius 2 is 1.79 bits per heavy atom. The number of hydrogen-bond acceptors (Lipinski definition) is 4. The zero-order valence-corrected chi connectivity index (χ0v) is 17.3. The zero-order chi connectivity index (χ0) is 20.2. The Bertz CT molecular complexity index is 735. The van der Waals surface area contributed by atoms with Crippen molar-refractivity contribution in [3.05, 3.63) is 54.1 Å². The molecule has 0 saturated carbocycles. The number of aryl methyl sites for hydroxylation is 1. The number of nitrogens with zero attached hydrogens (tertiary/aromatic N) is 2. The molecule has 0 atom stereocenters. The van der Waals surface area contributed by atoms with Gasteiger partial charge in [0.1, 0.15) is 12.4 Å². The average Bonchev–Trinajstić information content (AvgIpc) is 2.74. The van der Waals surface area contributed by atoms with Gasteiger partial charge in [0.15, 0.2) is 17.5 Å². The largest absolute Gasteiger partial charge is 0.493 e. The van der Waals surface area contributed by atoms with Crippen molar-refractivity contribution in [2.24, 2.45) is 4.99 Å². The summed E-state index contributed by atoms with van der Waals surface area (Å²) >= 11 is 0. The van der Waals surface area contributed by atoms with E-state index in [1.807, 2.05) is 49.5 Å². The average molecular weight is 386 g/mol. The molecule has 0 aliphatic rings. The number of methoxy groups -OCH3 is 2. The minimum absolute atomic E-state index is 0.604. The number of guanidine groups is 1. The second-order valence-electron chi connectivity index (χ2n) is 6.35. The first-order valence-corrected chi connectivity index (χ1v) is 9.48. The second-order valence-corrected chi connectivity index (χ2v) is 6.35. The Labute approximate surface area is 168 Å². The third-order valence-electron chi connectivity index (χ3n) is 4.39. The van der Waals surface area contributed by atoms with Crippen LogP contribution in [-0.4, -0.2) is 58.9 Å². The fourth-order valence-electron chi connectivity index (χ4n) is 2.84. The van der Waals surface area contributed by atoms with Crippen LogP contribution in [0, 0.1) is 0 Å². The van der Waals surface area contributed by atoms with Gasteiger partial charge in [-0.05, 0) is 42.7 Å². The molecule has 0 fully saturated rings. The number of para-hydroxylation sites is 1. The maximum atomic E-state index is 5.75. The highest BCUT2D eigenvalue weighted by atomic mass is 16.5. The van der Waals surface area contributed by atoms with Crippen LogP contribution in [0.25, 0.3) is 0 Å². The first-order chi connectivity index (χ1) is 13.7. The highest BCUT2D eigenvalue weighted by molar-refractivity contribution is 5.79. The minimum atomic E-state index is 0.604. The van der Waals surface area contributed by atoms with Gasteiger partial charge in [-0.2, -0.15) is 0 Å². The summed E-state index contributed by atoms with van der Waals surface area (Å²) in [6.07, 6.45) is 1.94. The Balaban J connectivity index is 1.71. The molecule has 2 rings (SSSR count). The topological polar surface area (TPSA) is 55.3 Å². The van der Waals surface area contributed by atoms with Gasteiger partial charge in [0.25, 0.3) is 0 Å². The highest BCUT2D eigenvalue weighted by Crippen LogP contribution is 2.27. The Kier molecular flexibility index (Phi) is 8.98. The smallest absolute Gasteiger partial charge is 0.193 e. The minimum Gasteiger partial charge on any atom is -0.493 e. The summed E-state index contributed by atoms with van der Waals surface area (Å²) in [4.78, 5) is 6.42. The predicted octanol–water partition coefficient (Wildman–Crippen LogP) is 3.22. The molecular weight excluding hydrogens is 354 g/mol. The van der Waals surface area contributed by atoms with Gasteiger partial charge in [-0.25, -0.2) is 0 Å². The quantitative estimate of drug-likeness (QED) is 0.387. The highest BCUT2D eigenvalue weighted by Gasteiger charge is 2.07. The zero-order valence-electron chi connectivity index (χ0n) is 17.3. The van der Waals surface area contributed by atoms with Crippen LogP contribution in [0.15, 0.2) is 53.5 Å². The fourth-order valence-corrected chi connectivity index (χ4v) is 2.84. The molecule has 1 N–H and O–H groups in total. The van der Waals surface area contributed by atoms with Crippen molar-refractivity contribution in [2.75, 3.05) is 48.0 Å². The summed E-state index contributed by atoms with van der Waals surface area (Å²) in [5, 5.41) is 3.40. The van der Waals surface area contributed by atoms with Gasteiger partial charge < -0.3 is 24.4 Å². The first-order valence-electron chi connectivity index (χ1n) is 9.48. The predicted molar refractivity (Wildman–Crippen MR) is 114 cm³/mol. The van der Waals surface area contributed by atoms with Crippen LogP contribution in [0.1, 0.15) is 12.0 Å². The summed E-state index contributed by atoms with van der Waals surface area (Å²) in [6, 6.07) is 15.9. The summed E-state index contributed by atoms with van der Waals surface area (Å²) in [6.45, 7) is 2.20. The van der Waals surface area contributed by atoms with Crippen LogP contribution >= 0.6 is 0 Å². The lowest BCUT2D eigenvalue weighted by Crippen LogP contribution is -2.41. The van der Waals surface area contributed by atoms with Crippen molar-refractivity contribution in [1.82, 2.24) is 10.2 Å². The molecule has 0 amide bonds.